The van der Waals surface area contributed by atoms with Gasteiger partial charge in [-0.2, -0.15) is 8.42 Å². The number of benzene rings is 1. The summed E-state index contributed by atoms with van der Waals surface area (Å²) in [6, 6.07) is 0. The molecule has 1 aromatic rings. The largest absolute Gasteiger partial charge is 0.504 e. The first kappa shape index (κ1) is 24.8. The molecule has 0 atom stereocenters. The summed E-state index contributed by atoms with van der Waals surface area (Å²) in [7, 11) is -2.22. The van der Waals surface area contributed by atoms with Crippen molar-refractivity contribution in [2.45, 2.75) is 64.7 Å². The van der Waals surface area contributed by atoms with Crippen molar-refractivity contribution in [3.05, 3.63) is 11.1 Å². The van der Waals surface area contributed by atoms with E-state index in [1.165, 1.54) is 14.2 Å². The van der Waals surface area contributed by atoms with E-state index >= 15 is 0 Å². The molecule has 0 aliphatic rings. The molecule has 3 N–H and O–H groups in total. The third kappa shape index (κ3) is 7.98. The van der Waals surface area contributed by atoms with Crippen molar-refractivity contribution >= 4 is 16.4 Å². The summed E-state index contributed by atoms with van der Waals surface area (Å²) in [5, 5.41) is 19.1. The lowest BCUT2D eigenvalue weighted by Gasteiger charge is -2.19. The van der Waals surface area contributed by atoms with Gasteiger partial charge in [0.15, 0.2) is 11.5 Å². The molecule has 0 heterocycles. The van der Waals surface area contributed by atoms with E-state index in [-0.39, 0.29) is 29.4 Å². The Bertz CT molecular complexity index is 788. The molecule has 0 aliphatic carbocycles. The normalized spacial score (nSPS) is 11.3. The first-order chi connectivity index (χ1) is 13.6. The van der Waals surface area contributed by atoms with Crippen LogP contribution >= 0.6 is 0 Å². The fourth-order valence-electron chi connectivity index (χ4n) is 3.18. The summed E-state index contributed by atoms with van der Waals surface area (Å²) in [5.41, 5.74) is 0.800. The maximum atomic E-state index is 11.2. The van der Waals surface area contributed by atoms with Crippen LogP contribution in [0.4, 0.5) is 0 Å². The highest BCUT2D eigenvalue weighted by Crippen LogP contribution is 2.49. The van der Waals surface area contributed by atoms with Crippen molar-refractivity contribution in [1.82, 2.24) is 0 Å². The molecule has 1 aromatic carbocycles. The second-order valence-electron chi connectivity index (χ2n) is 6.73. The average molecular weight is 435 g/mol. The molecule has 1 rings (SSSR count). The Labute approximate surface area is 171 Å². The number of phenolic OH excluding ortho intramolecular Hbond substituents is 1. The number of ether oxygens (including phenoxy) is 2. The van der Waals surface area contributed by atoms with E-state index in [1.54, 1.807) is 6.92 Å². The molecule has 166 valence electrons. The van der Waals surface area contributed by atoms with Crippen molar-refractivity contribution in [1.29, 1.82) is 0 Å². The number of carboxylic acid groups (broad SMARTS) is 1. The van der Waals surface area contributed by atoms with Gasteiger partial charge in [-0.15, -0.1) is 0 Å². The van der Waals surface area contributed by atoms with E-state index < -0.39 is 16.4 Å². The van der Waals surface area contributed by atoms with Crippen molar-refractivity contribution in [3.63, 3.8) is 0 Å². The molecule has 0 saturated heterocycles. The summed E-state index contributed by atoms with van der Waals surface area (Å²) >= 11 is 0. The Morgan fingerprint density at radius 3 is 1.90 bits per heavy atom. The van der Waals surface area contributed by atoms with Crippen LogP contribution in [0.1, 0.15) is 62.5 Å². The molecule has 0 amide bonds. The van der Waals surface area contributed by atoms with Crippen LogP contribution in [0.25, 0.3) is 0 Å². The number of rotatable bonds is 14. The maximum Gasteiger partial charge on any atom is 0.446 e. The third-order valence-electron chi connectivity index (χ3n) is 4.62. The summed E-state index contributed by atoms with van der Waals surface area (Å²) in [6.45, 7) is 1.57. The molecule has 0 radical (unpaired) electrons. The quantitative estimate of drug-likeness (QED) is 0.296. The Balaban J connectivity index is 2.76. The third-order valence-corrected chi connectivity index (χ3v) is 5.00. The standard InChI is InChI=1S/C19H30O9S/c1-13-14(11-9-7-5-4-6-8-10-12-15(20)21)16(22)18(26-2)19(27-3)17(13)28-29(23,24)25/h22H,4-12H2,1-3H3,(H,20,21)(H,23,24,25). The molecular formula is C19H30O9S. The number of methoxy groups -OCH3 is 2. The molecule has 0 fully saturated rings. The molecule has 29 heavy (non-hydrogen) atoms. The lowest BCUT2D eigenvalue weighted by Crippen LogP contribution is -2.11. The van der Waals surface area contributed by atoms with Gasteiger partial charge in [0.1, 0.15) is 0 Å². The second-order valence-corrected chi connectivity index (χ2v) is 7.75. The minimum Gasteiger partial charge on any atom is -0.504 e. The number of unbranched alkanes of at least 4 members (excludes halogenated alkanes) is 6. The lowest BCUT2D eigenvalue weighted by molar-refractivity contribution is -0.137. The van der Waals surface area contributed by atoms with Gasteiger partial charge >= 0.3 is 16.4 Å². The topological polar surface area (TPSA) is 140 Å². The van der Waals surface area contributed by atoms with E-state index in [1.807, 2.05) is 0 Å². The maximum absolute atomic E-state index is 11.2. The molecule has 0 aliphatic heterocycles. The highest BCUT2D eigenvalue weighted by molar-refractivity contribution is 7.81. The molecule has 0 spiro atoms. The van der Waals surface area contributed by atoms with Crippen LogP contribution in [0.3, 0.4) is 0 Å². The van der Waals surface area contributed by atoms with E-state index in [2.05, 4.69) is 4.18 Å². The zero-order valence-electron chi connectivity index (χ0n) is 17.1. The number of phenols is 1. The molecule has 9 nitrogen and oxygen atoms in total. The van der Waals surface area contributed by atoms with Gasteiger partial charge in [0.25, 0.3) is 0 Å². The number of aliphatic carboxylic acids is 1. The highest BCUT2D eigenvalue weighted by Gasteiger charge is 2.27. The molecule has 0 aromatic heterocycles. The molecule has 0 bridgehead atoms. The SMILES string of the molecule is COc1c(O)c(CCCCCCCCCC(=O)O)c(C)c(OS(=O)(=O)O)c1OC. The second kappa shape index (κ2) is 11.7. The Kier molecular flexibility index (Phi) is 10.0. The monoisotopic (exact) mass is 434 g/mol. The highest BCUT2D eigenvalue weighted by atomic mass is 32.3. The van der Waals surface area contributed by atoms with Crippen LogP contribution in [-0.4, -0.2) is 43.4 Å². The van der Waals surface area contributed by atoms with Crippen LogP contribution in [0.5, 0.6) is 23.0 Å². The summed E-state index contributed by atoms with van der Waals surface area (Å²) in [6.07, 6.45) is 6.79. The Morgan fingerprint density at radius 1 is 0.897 bits per heavy atom. The van der Waals surface area contributed by atoms with Gasteiger partial charge < -0.3 is 23.9 Å². The van der Waals surface area contributed by atoms with Gasteiger partial charge in [-0.25, -0.2) is 0 Å². The molecule has 10 heteroatoms. The van der Waals surface area contributed by atoms with Gasteiger partial charge in [0, 0.05) is 17.5 Å². The number of hydrogen-bond acceptors (Lipinski definition) is 7. The fraction of sp³-hybridized carbons (Fsp3) is 0.632. The Morgan fingerprint density at radius 2 is 1.41 bits per heavy atom. The van der Waals surface area contributed by atoms with Crippen molar-refractivity contribution in [2.75, 3.05) is 14.2 Å². The van der Waals surface area contributed by atoms with Gasteiger partial charge in [-0.3, -0.25) is 9.35 Å². The first-order valence-electron chi connectivity index (χ1n) is 9.47. The molecular weight excluding hydrogens is 404 g/mol. The van der Waals surface area contributed by atoms with Crippen molar-refractivity contribution in [3.8, 4) is 23.0 Å². The van der Waals surface area contributed by atoms with Crippen LogP contribution in [0.15, 0.2) is 0 Å². The minimum absolute atomic E-state index is 0.0646. The average Bonchev–Trinajstić information content (AvgIpc) is 2.63. The first-order valence-corrected chi connectivity index (χ1v) is 10.8. The number of aromatic hydroxyl groups is 1. The zero-order valence-corrected chi connectivity index (χ0v) is 17.9. The van der Waals surface area contributed by atoms with Crippen LogP contribution in [0, 0.1) is 6.92 Å². The van der Waals surface area contributed by atoms with E-state index in [4.69, 9.17) is 19.1 Å². The van der Waals surface area contributed by atoms with Crippen LogP contribution in [-0.2, 0) is 21.6 Å². The number of hydrogen-bond donors (Lipinski definition) is 3. The fourth-order valence-corrected chi connectivity index (χ4v) is 3.59. The predicted molar refractivity (Wildman–Crippen MR) is 106 cm³/mol. The lowest BCUT2D eigenvalue weighted by atomic mass is 9.98. The van der Waals surface area contributed by atoms with Crippen molar-refractivity contribution in [2.24, 2.45) is 0 Å². The Hall–Kier alpha value is -2.20. The van der Waals surface area contributed by atoms with Gasteiger partial charge in [-0.05, 0) is 26.2 Å². The molecule has 0 saturated carbocycles. The van der Waals surface area contributed by atoms with Crippen LogP contribution < -0.4 is 13.7 Å². The zero-order chi connectivity index (χ0) is 22.0. The number of carbonyl (C=O) groups is 1. The predicted octanol–water partition coefficient (Wildman–Crippen LogP) is 3.65. The van der Waals surface area contributed by atoms with E-state index in [9.17, 15) is 18.3 Å². The van der Waals surface area contributed by atoms with Crippen LogP contribution in [0.2, 0.25) is 0 Å². The smallest absolute Gasteiger partial charge is 0.446 e. The van der Waals surface area contributed by atoms with E-state index in [0.717, 1.165) is 38.5 Å². The summed E-state index contributed by atoms with van der Waals surface area (Å²) in [4.78, 5) is 10.5. The van der Waals surface area contributed by atoms with Crippen molar-refractivity contribution < 1.29 is 41.6 Å². The molecule has 0 unspecified atom stereocenters. The minimum atomic E-state index is -4.79. The van der Waals surface area contributed by atoms with Gasteiger partial charge in [-0.1, -0.05) is 32.1 Å². The van der Waals surface area contributed by atoms with E-state index in [0.29, 0.717) is 24.0 Å². The van der Waals surface area contributed by atoms with Gasteiger partial charge in [0.2, 0.25) is 11.5 Å². The summed E-state index contributed by atoms with van der Waals surface area (Å²) in [5.74, 6) is -1.33. The summed E-state index contributed by atoms with van der Waals surface area (Å²) < 4.78 is 46.4. The number of carboxylic acids is 1. The van der Waals surface area contributed by atoms with Gasteiger partial charge in [0.05, 0.1) is 14.2 Å².